The quantitative estimate of drug-likeness (QED) is 0.736. The van der Waals surface area contributed by atoms with Crippen LogP contribution in [0.3, 0.4) is 0 Å². The van der Waals surface area contributed by atoms with Gasteiger partial charge in [0.25, 0.3) is 0 Å². The molecule has 0 unspecified atom stereocenters. The van der Waals surface area contributed by atoms with Crippen molar-refractivity contribution in [2.45, 2.75) is 12.8 Å². The minimum atomic E-state index is 0.0106. The lowest BCUT2D eigenvalue weighted by molar-refractivity contribution is -0.144. The van der Waals surface area contributed by atoms with Gasteiger partial charge in [-0.2, -0.15) is 0 Å². The smallest absolute Gasteiger partial charge is 0.248 e. The molecular formula is C13H23N3O3. The molecule has 2 fully saturated rings. The first-order valence-corrected chi connectivity index (χ1v) is 6.98. The lowest BCUT2D eigenvalue weighted by atomic mass is 9.96. The number of hydrogen-bond donors (Lipinski definition) is 1. The van der Waals surface area contributed by atoms with E-state index in [0.29, 0.717) is 26.2 Å². The summed E-state index contributed by atoms with van der Waals surface area (Å²) >= 11 is 0. The van der Waals surface area contributed by atoms with Crippen LogP contribution < -0.4 is 5.32 Å². The van der Waals surface area contributed by atoms with Gasteiger partial charge in [-0.3, -0.25) is 9.59 Å². The SMILES string of the molecule is COCC(=O)N1CCN(C(=O)C2CCNCC2)CC1. The number of carbonyl (C=O) groups is 2. The summed E-state index contributed by atoms with van der Waals surface area (Å²) in [6, 6.07) is 0. The predicted octanol–water partition coefficient (Wildman–Crippen LogP) is -0.697. The number of piperidine rings is 1. The van der Waals surface area contributed by atoms with Crippen LogP contribution in [0.15, 0.2) is 0 Å². The second-order valence-electron chi connectivity index (χ2n) is 5.16. The number of hydrogen-bond acceptors (Lipinski definition) is 4. The molecule has 0 aromatic carbocycles. The fourth-order valence-corrected chi connectivity index (χ4v) is 2.72. The Balaban J connectivity index is 1.79. The number of nitrogens with zero attached hydrogens (tertiary/aromatic N) is 2. The van der Waals surface area contributed by atoms with Gasteiger partial charge in [-0.15, -0.1) is 0 Å². The number of carbonyl (C=O) groups excluding carboxylic acids is 2. The molecule has 2 amide bonds. The standard InChI is InChI=1S/C13H23N3O3/c1-19-10-12(17)15-6-8-16(9-7-15)13(18)11-2-4-14-5-3-11/h11,14H,2-10H2,1H3. The van der Waals surface area contributed by atoms with Gasteiger partial charge in [-0.25, -0.2) is 0 Å². The van der Waals surface area contributed by atoms with Crippen molar-refractivity contribution in [2.24, 2.45) is 5.92 Å². The molecule has 0 aliphatic carbocycles. The van der Waals surface area contributed by atoms with E-state index in [-0.39, 0.29) is 24.3 Å². The maximum atomic E-state index is 12.3. The molecule has 6 heteroatoms. The number of rotatable bonds is 3. The molecule has 0 atom stereocenters. The lowest BCUT2D eigenvalue weighted by Gasteiger charge is -2.37. The van der Waals surface area contributed by atoms with Crippen molar-refractivity contribution in [3.05, 3.63) is 0 Å². The highest BCUT2D eigenvalue weighted by molar-refractivity contribution is 5.80. The van der Waals surface area contributed by atoms with Crippen LogP contribution in [0.25, 0.3) is 0 Å². The number of ether oxygens (including phenoxy) is 1. The zero-order chi connectivity index (χ0) is 13.7. The molecule has 1 N–H and O–H groups in total. The monoisotopic (exact) mass is 269 g/mol. The van der Waals surface area contributed by atoms with Gasteiger partial charge in [0.1, 0.15) is 6.61 Å². The van der Waals surface area contributed by atoms with E-state index < -0.39 is 0 Å². The second-order valence-corrected chi connectivity index (χ2v) is 5.16. The molecule has 2 heterocycles. The first-order valence-electron chi connectivity index (χ1n) is 6.98. The molecule has 0 spiro atoms. The van der Waals surface area contributed by atoms with Gasteiger partial charge in [0, 0.05) is 39.2 Å². The van der Waals surface area contributed by atoms with Crippen LogP contribution in [-0.2, 0) is 14.3 Å². The predicted molar refractivity (Wildman–Crippen MR) is 70.6 cm³/mol. The van der Waals surface area contributed by atoms with Crippen LogP contribution in [0.1, 0.15) is 12.8 Å². The largest absolute Gasteiger partial charge is 0.375 e. The molecule has 2 saturated heterocycles. The van der Waals surface area contributed by atoms with Crippen molar-refractivity contribution >= 4 is 11.8 Å². The highest BCUT2D eigenvalue weighted by atomic mass is 16.5. The number of nitrogens with one attached hydrogen (secondary N) is 1. The molecule has 108 valence electrons. The van der Waals surface area contributed by atoms with E-state index in [0.717, 1.165) is 25.9 Å². The molecule has 0 aromatic rings. The normalized spacial score (nSPS) is 21.5. The second kappa shape index (κ2) is 6.86. The third-order valence-electron chi connectivity index (χ3n) is 3.90. The van der Waals surface area contributed by atoms with Crippen molar-refractivity contribution in [1.82, 2.24) is 15.1 Å². The first kappa shape index (κ1) is 14.3. The molecule has 19 heavy (non-hydrogen) atoms. The minimum Gasteiger partial charge on any atom is -0.375 e. The maximum Gasteiger partial charge on any atom is 0.248 e. The first-order chi connectivity index (χ1) is 9.22. The zero-order valence-electron chi connectivity index (χ0n) is 11.6. The Labute approximate surface area is 114 Å². The Morgan fingerprint density at radius 2 is 1.68 bits per heavy atom. The van der Waals surface area contributed by atoms with Crippen LogP contribution in [-0.4, -0.2) is 74.6 Å². The van der Waals surface area contributed by atoms with E-state index >= 15 is 0 Å². The summed E-state index contributed by atoms with van der Waals surface area (Å²) in [5, 5.41) is 3.27. The molecule has 2 aliphatic heterocycles. The van der Waals surface area contributed by atoms with Crippen LogP contribution in [0.2, 0.25) is 0 Å². The van der Waals surface area contributed by atoms with Gasteiger partial charge in [0.15, 0.2) is 0 Å². The molecule has 2 rings (SSSR count). The highest BCUT2D eigenvalue weighted by Gasteiger charge is 2.29. The number of methoxy groups -OCH3 is 1. The fourth-order valence-electron chi connectivity index (χ4n) is 2.72. The van der Waals surface area contributed by atoms with E-state index in [4.69, 9.17) is 4.74 Å². The Hall–Kier alpha value is -1.14. The molecule has 0 saturated carbocycles. The molecule has 2 aliphatic rings. The molecule has 0 aromatic heterocycles. The summed E-state index contributed by atoms with van der Waals surface area (Å²) in [6.07, 6.45) is 1.86. The number of amides is 2. The van der Waals surface area contributed by atoms with E-state index in [2.05, 4.69) is 5.32 Å². The average Bonchev–Trinajstić information content (AvgIpc) is 2.48. The summed E-state index contributed by atoms with van der Waals surface area (Å²) in [5.41, 5.74) is 0. The van der Waals surface area contributed by atoms with Gasteiger partial charge in [-0.1, -0.05) is 0 Å². The average molecular weight is 269 g/mol. The maximum absolute atomic E-state index is 12.3. The van der Waals surface area contributed by atoms with Crippen molar-refractivity contribution in [2.75, 3.05) is 53.0 Å². The highest BCUT2D eigenvalue weighted by Crippen LogP contribution is 2.16. The van der Waals surface area contributed by atoms with Crippen molar-refractivity contribution in [3.8, 4) is 0 Å². The Bertz CT molecular complexity index is 321. The molecule has 0 bridgehead atoms. The van der Waals surface area contributed by atoms with Gasteiger partial charge in [0.05, 0.1) is 0 Å². The van der Waals surface area contributed by atoms with Crippen molar-refractivity contribution < 1.29 is 14.3 Å². The topological polar surface area (TPSA) is 61.9 Å². The summed E-state index contributed by atoms with van der Waals surface area (Å²) in [5.74, 6) is 0.444. The van der Waals surface area contributed by atoms with Gasteiger partial charge < -0.3 is 19.9 Å². The summed E-state index contributed by atoms with van der Waals surface area (Å²) in [4.78, 5) is 27.7. The Kier molecular flexibility index (Phi) is 5.15. The molecular weight excluding hydrogens is 246 g/mol. The molecule has 0 radical (unpaired) electrons. The minimum absolute atomic E-state index is 0.0106. The van der Waals surface area contributed by atoms with E-state index in [9.17, 15) is 9.59 Å². The van der Waals surface area contributed by atoms with Gasteiger partial charge in [0.2, 0.25) is 11.8 Å². The Morgan fingerprint density at radius 1 is 1.11 bits per heavy atom. The molecule has 6 nitrogen and oxygen atoms in total. The summed E-state index contributed by atoms with van der Waals surface area (Å²) < 4.78 is 4.85. The Morgan fingerprint density at radius 3 is 2.26 bits per heavy atom. The summed E-state index contributed by atoms with van der Waals surface area (Å²) in [6.45, 7) is 4.54. The number of piperazine rings is 1. The van der Waals surface area contributed by atoms with E-state index in [1.807, 2.05) is 4.90 Å². The van der Waals surface area contributed by atoms with Crippen molar-refractivity contribution in [1.29, 1.82) is 0 Å². The van der Waals surface area contributed by atoms with E-state index in [1.165, 1.54) is 7.11 Å². The van der Waals surface area contributed by atoms with Crippen LogP contribution in [0, 0.1) is 5.92 Å². The lowest BCUT2D eigenvalue weighted by Crippen LogP contribution is -2.53. The van der Waals surface area contributed by atoms with Crippen LogP contribution in [0.4, 0.5) is 0 Å². The van der Waals surface area contributed by atoms with Gasteiger partial charge in [-0.05, 0) is 25.9 Å². The zero-order valence-corrected chi connectivity index (χ0v) is 11.6. The van der Waals surface area contributed by atoms with Crippen molar-refractivity contribution in [3.63, 3.8) is 0 Å². The summed E-state index contributed by atoms with van der Waals surface area (Å²) in [7, 11) is 1.52. The van der Waals surface area contributed by atoms with Crippen LogP contribution in [0.5, 0.6) is 0 Å². The van der Waals surface area contributed by atoms with Gasteiger partial charge >= 0.3 is 0 Å². The van der Waals surface area contributed by atoms with Crippen LogP contribution >= 0.6 is 0 Å². The third kappa shape index (κ3) is 3.67. The van der Waals surface area contributed by atoms with E-state index in [1.54, 1.807) is 4.90 Å². The third-order valence-corrected chi connectivity index (χ3v) is 3.90. The fraction of sp³-hybridized carbons (Fsp3) is 0.846.